The first kappa shape index (κ1) is 12.6. The molecule has 4 heteroatoms. The summed E-state index contributed by atoms with van der Waals surface area (Å²) in [7, 11) is 0. The smallest absolute Gasteiger partial charge is 0.0897 e. The fourth-order valence-electron chi connectivity index (χ4n) is 1.63. The van der Waals surface area contributed by atoms with Gasteiger partial charge in [-0.25, -0.2) is 4.98 Å². The van der Waals surface area contributed by atoms with Crippen molar-refractivity contribution in [1.82, 2.24) is 10.3 Å². The summed E-state index contributed by atoms with van der Waals surface area (Å²) in [4.78, 5) is 5.50. The number of nitrogens with one attached hydrogen (secondary N) is 1. The van der Waals surface area contributed by atoms with Crippen LogP contribution < -0.4 is 5.32 Å². The Balaban J connectivity index is 1.95. The molecule has 0 bridgehead atoms. The van der Waals surface area contributed by atoms with Gasteiger partial charge < -0.3 is 5.32 Å². The lowest BCUT2D eigenvalue weighted by Crippen LogP contribution is -2.17. The molecule has 2 rings (SSSR count). The van der Waals surface area contributed by atoms with Crippen molar-refractivity contribution in [2.45, 2.75) is 26.4 Å². The van der Waals surface area contributed by atoms with E-state index in [1.807, 2.05) is 31.3 Å². The average molecular weight is 267 g/mol. The number of halogens is 1. The number of hydrogen-bond donors (Lipinski definition) is 1. The Morgan fingerprint density at radius 1 is 1.47 bits per heavy atom. The predicted octanol–water partition coefficient (Wildman–Crippen LogP) is 3.96. The third-order valence-electron chi connectivity index (χ3n) is 2.60. The molecule has 2 aromatic rings. The molecule has 2 nitrogen and oxygen atoms in total. The van der Waals surface area contributed by atoms with E-state index in [4.69, 9.17) is 11.6 Å². The maximum absolute atomic E-state index is 5.97. The quantitative estimate of drug-likeness (QED) is 0.906. The molecule has 0 saturated heterocycles. The Labute approximate surface area is 111 Å². The monoisotopic (exact) mass is 266 g/mol. The van der Waals surface area contributed by atoms with Gasteiger partial charge in [0.1, 0.15) is 0 Å². The molecule has 0 amide bonds. The van der Waals surface area contributed by atoms with E-state index in [-0.39, 0.29) is 6.04 Å². The zero-order chi connectivity index (χ0) is 12.3. The molecule has 0 aliphatic rings. The van der Waals surface area contributed by atoms with Crippen LogP contribution in [0.25, 0.3) is 0 Å². The van der Waals surface area contributed by atoms with Gasteiger partial charge in [-0.15, -0.1) is 11.3 Å². The van der Waals surface area contributed by atoms with Crippen LogP contribution in [0, 0.1) is 6.92 Å². The molecule has 0 unspecified atom stereocenters. The van der Waals surface area contributed by atoms with Crippen LogP contribution in [0.3, 0.4) is 0 Å². The van der Waals surface area contributed by atoms with E-state index in [1.54, 1.807) is 11.3 Å². The fourth-order valence-corrected chi connectivity index (χ4v) is 2.58. The van der Waals surface area contributed by atoms with Crippen molar-refractivity contribution in [3.05, 3.63) is 50.9 Å². The second-order valence-corrected chi connectivity index (χ2v) is 5.76. The predicted molar refractivity (Wildman–Crippen MR) is 73.6 cm³/mol. The number of aromatic nitrogens is 1. The molecule has 1 aromatic heterocycles. The molecular weight excluding hydrogens is 252 g/mol. The zero-order valence-corrected chi connectivity index (χ0v) is 11.5. The molecule has 17 heavy (non-hydrogen) atoms. The van der Waals surface area contributed by atoms with E-state index < -0.39 is 0 Å². The summed E-state index contributed by atoms with van der Waals surface area (Å²) in [5.41, 5.74) is 1.21. The van der Waals surface area contributed by atoms with Crippen molar-refractivity contribution in [3.63, 3.8) is 0 Å². The minimum atomic E-state index is 0.288. The lowest BCUT2D eigenvalue weighted by Gasteiger charge is -2.13. The van der Waals surface area contributed by atoms with Gasteiger partial charge in [-0.1, -0.05) is 23.7 Å². The Morgan fingerprint density at radius 2 is 2.29 bits per heavy atom. The van der Waals surface area contributed by atoms with Crippen molar-refractivity contribution in [2.75, 3.05) is 0 Å². The summed E-state index contributed by atoms with van der Waals surface area (Å²) in [5, 5.41) is 5.36. The number of nitrogens with zero attached hydrogens (tertiary/aromatic N) is 1. The summed E-state index contributed by atoms with van der Waals surface area (Å²) >= 11 is 7.70. The van der Waals surface area contributed by atoms with Crippen LogP contribution in [0.1, 0.15) is 28.4 Å². The van der Waals surface area contributed by atoms with Crippen molar-refractivity contribution >= 4 is 22.9 Å². The van der Waals surface area contributed by atoms with Gasteiger partial charge in [0.25, 0.3) is 0 Å². The molecule has 0 aliphatic heterocycles. The maximum Gasteiger partial charge on any atom is 0.0897 e. The number of thiazole rings is 1. The van der Waals surface area contributed by atoms with Gasteiger partial charge in [-0.05, 0) is 31.5 Å². The highest BCUT2D eigenvalue weighted by atomic mass is 35.5. The molecule has 0 aliphatic carbocycles. The summed E-state index contributed by atoms with van der Waals surface area (Å²) in [6.07, 6.45) is 1.93. The van der Waals surface area contributed by atoms with Crippen molar-refractivity contribution in [3.8, 4) is 0 Å². The highest BCUT2D eigenvalue weighted by Gasteiger charge is 2.06. The summed E-state index contributed by atoms with van der Waals surface area (Å²) in [6.45, 7) is 5.01. The van der Waals surface area contributed by atoms with Gasteiger partial charge in [0.05, 0.1) is 5.01 Å². The van der Waals surface area contributed by atoms with Crippen LogP contribution >= 0.6 is 22.9 Å². The second-order valence-electron chi connectivity index (χ2n) is 4.00. The van der Waals surface area contributed by atoms with Crippen molar-refractivity contribution in [2.24, 2.45) is 0 Å². The van der Waals surface area contributed by atoms with Gasteiger partial charge in [0.15, 0.2) is 0 Å². The zero-order valence-electron chi connectivity index (χ0n) is 9.90. The minimum absolute atomic E-state index is 0.288. The Hall–Kier alpha value is -0.900. The topological polar surface area (TPSA) is 24.9 Å². The van der Waals surface area contributed by atoms with Crippen molar-refractivity contribution < 1.29 is 0 Å². The number of rotatable bonds is 4. The lowest BCUT2D eigenvalue weighted by molar-refractivity contribution is 0.578. The molecular formula is C13H15ClN2S. The minimum Gasteiger partial charge on any atom is -0.305 e. The van der Waals surface area contributed by atoms with E-state index in [2.05, 4.69) is 23.3 Å². The van der Waals surface area contributed by atoms with Crippen LogP contribution in [-0.4, -0.2) is 4.98 Å². The van der Waals surface area contributed by atoms with E-state index in [9.17, 15) is 0 Å². The molecule has 1 N–H and O–H groups in total. The largest absolute Gasteiger partial charge is 0.305 e. The second kappa shape index (κ2) is 5.63. The van der Waals surface area contributed by atoms with Crippen molar-refractivity contribution in [1.29, 1.82) is 0 Å². The number of benzene rings is 1. The summed E-state index contributed by atoms with van der Waals surface area (Å²) < 4.78 is 0. The Morgan fingerprint density at radius 3 is 2.94 bits per heavy atom. The van der Waals surface area contributed by atoms with Gasteiger partial charge in [0.2, 0.25) is 0 Å². The van der Waals surface area contributed by atoms with Crippen LogP contribution in [0.4, 0.5) is 0 Å². The number of aryl methyl sites for hydroxylation is 1. The Kier molecular flexibility index (Phi) is 4.15. The molecule has 0 saturated carbocycles. The fraction of sp³-hybridized carbons (Fsp3) is 0.308. The SMILES string of the molecule is Cc1ncc(CN[C@@H](C)c2cccc(Cl)c2)s1. The first-order chi connectivity index (χ1) is 8.15. The number of hydrogen-bond acceptors (Lipinski definition) is 3. The van der Waals surface area contributed by atoms with E-state index in [0.29, 0.717) is 0 Å². The van der Waals surface area contributed by atoms with Gasteiger partial charge in [-0.3, -0.25) is 0 Å². The van der Waals surface area contributed by atoms with E-state index in [1.165, 1.54) is 10.4 Å². The van der Waals surface area contributed by atoms with Crippen LogP contribution in [0.15, 0.2) is 30.5 Å². The van der Waals surface area contributed by atoms with Gasteiger partial charge in [-0.2, -0.15) is 0 Å². The average Bonchev–Trinajstić information content (AvgIpc) is 2.72. The highest BCUT2D eigenvalue weighted by molar-refractivity contribution is 7.11. The molecule has 1 atom stereocenters. The van der Waals surface area contributed by atoms with Gasteiger partial charge >= 0.3 is 0 Å². The highest BCUT2D eigenvalue weighted by Crippen LogP contribution is 2.18. The van der Waals surface area contributed by atoms with E-state index in [0.717, 1.165) is 16.6 Å². The first-order valence-electron chi connectivity index (χ1n) is 5.55. The molecule has 1 aromatic carbocycles. The van der Waals surface area contributed by atoms with Crippen LogP contribution in [-0.2, 0) is 6.54 Å². The van der Waals surface area contributed by atoms with Crippen LogP contribution in [0.5, 0.6) is 0 Å². The third-order valence-corrected chi connectivity index (χ3v) is 3.75. The Bertz CT molecular complexity index is 496. The van der Waals surface area contributed by atoms with Crippen LogP contribution in [0.2, 0.25) is 5.02 Å². The summed E-state index contributed by atoms with van der Waals surface area (Å²) in [5.74, 6) is 0. The third kappa shape index (κ3) is 3.53. The molecule has 0 fully saturated rings. The molecule has 0 spiro atoms. The summed E-state index contributed by atoms with van der Waals surface area (Å²) in [6, 6.07) is 8.24. The lowest BCUT2D eigenvalue weighted by atomic mass is 10.1. The van der Waals surface area contributed by atoms with E-state index >= 15 is 0 Å². The normalized spacial score (nSPS) is 12.6. The first-order valence-corrected chi connectivity index (χ1v) is 6.75. The standard InChI is InChI=1S/C13H15ClN2S/c1-9(11-4-3-5-12(14)6-11)15-7-13-8-16-10(2)17-13/h3-6,8-9,15H,7H2,1-2H3/t9-/m0/s1. The van der Waals surface area contributed by atoms with Gasteiger partial charge in [0, 0.05) is 28.7 Å². The maximum atomic E-state index is 5.97. The molecule has 0 radical (unpaired) electrons. The molecule has 1 heterocycles. The molecule has 90 valence electrons.